The van der Waals surface area contributed by atoms with E-state index in [4.69, 9.17) is 15.2 Å². The molecule has 0 aromatic heterocycles. The maximum Gasteiger partial charge on any atom is 0.132 e. The number of aliphatic hydroxyl groups is 2. The van der Waals surface area contributed by atoms with E-state index >= 15 is 0 Å². The van der Waals surface area contributed by atoms with Crippen LogP contribution < -0.4 is 15.2 Å². The molecule has 0 radical (unpaired) electrons. The molecule has 6 heteroatoms. The predicted molar refractivity (Wildman–Crippen MR) is 61.2 cm³/mol. The van der Waals surface area contributed by atoms with Gasteiger partial charge in [-0.25, -0.2) is 0 Å². The first-order chi connectivity index (χ1) is 8.04. The Morgan fingerprint density at radius 3 is 2.35 bits per heavy atom. The Kier molecular flexibility index (Phi) is 4.56. The van der Waals surface area contributed by atoms with Gasteiger partial charge in [0.05, 0.1) is 25.9 Å². The molecule has 0 amide bonds. The van der Waals surface area contributed by atoms with Crippen LogP contribution >= 0.6 is 0 Å². The summed E-state index contributed by atoms with van der Waals surface area (Å²) in [4.78, 5) is 0. The Hall–Kier alpha value is -1.50. The zero-order valence-corrected chi connectivity index (χ0v) is 9.75. The van der Waals surface area contributed by atoms with E-state index < -0.39 is 12.2 Å². The first kappa shape index (κ1) is 13.6. The monoisotopic (exact) mass is 243 g/mol. The van der Waals surface area contributed by atoms with Gasteiger partial charge in [-0.1, -0.05) is 0 Å². The van der Waals surface area contributed by atoms with Crippen LogP contribution in [0.2, 0.25) is 0 Å². The van der Waals surface area contributed by atoms with E-state index in [1.54, 1.807) is 0 Å². The highest BCUT2D eigenvalue weighted by Crippen LogP contribution is 2.38. The number of hydrogen-bond donors (Lipinski definition) is 4. The lowest BCUT2D eigenvalue weighted by Gasteiger charge is -2.20. The van der Waals surface area contributed by atoms with Crippen molar-refractivity contribution in [2.24, 2.45) is 5.73 Å². The van der Waals surface area contributed by atoms with Gasteiger partial charge in [0.15, 0.2) is 0 Å². The number of hydrogen-bond acceptors (Lipinski definition) is 6. The van der Waals surface area contributed by atoms with Crippen LogP contribution in [-0.2, 0) is 0 Å². The van der Waals surface area contributed by atoms with E-state index in [9.17, 15) is 15.3 Å². The molecule has 0 aliphatic carbocycles. The molecule has 1 aromatic carbocycles. The Bertz CT molecular complexity index is 382. The second-order valence-electron chi connectivity index (χ2n) is 3.51. The summed E-state index contributed by atoms with van der Waals surface area (Å²) in [5.41, 5.74) is 5.34. The van der Waals surface area contributed by atoms with E-state index in [1.165, 1.54) is 26.4 Å². The van der Waals surface area contributed by atoms with E-state index in [0.717, 1.165) is 0 Å². The summed E-state index contributed by atoms with van der Waals surface area (Å²) in [5.74, 6) is 0.389. The summed E-state index contributed by atoms with van der Waals surface area (Å²) >= 11 is 0. The van der Waals surface area contributed by atoms with Gasteiger partial charge in [-0.2, -0.15) is 0 Å². The molecule has 0 saturated carbocycles. The van der Waals surface area contributed by atoms with Crippen LogP contribution in [0.5, 0.6) is 17.2 Å². The number of aromatic hydroxyl groups is 1. The first-order valence-corrected chi connectivity index (χ1v) is 5.06. The molecule has 2 unspecified atom stereocenters. The van der Waals surface area contributed by atoms with Gasteiger partial charge in [-0.3, -0.25) is 0 Å². The fourth-order valence-electron chi connectivity index (χ4n) is 1.49. The van der Waals surface area contributed by atoms with Gasteiger partial charge in [-0.05, 0) is 0 Å². The molecule has 1 aromatic rings. The van der Waals surface area contributed by atoms with Crippen LogP contribution in [0.15, 0.2) is 12.1 Å². The van der Waals surface area contributed by atoms with Gasteiger partial charge in [0.2, 0.25) is 0 Å². The van der Waals surface area contributed by atoms with Crippen molar-refractivity contribution in [3.05, 3.63) is 17.7 Å². The maximum absolute atomic E-state index is 9.83. The fourth-order valence-corrected chi connectivity index (χ4v) is 1.49. The van der Waals surface area contributed by atoms with Gasteiger partial charge >= 0.3 is 0 Å². The number of nitrogens with two attached hydrogens (primary N) is 1. The molecule has 0 aliphatic rings. The highest BCUT2D eigenvalue weighted by atomic mass is 16.5. The fraction of sp³-hybridized carbons (Fsp3) is 0.455. The zero-order chi connectivity index (χ0) is 13.0. The van der Waals surface area contributed by atoms with Crippen molar-refractivity contribution < 1.29 is 24.8 Å². The van der Waals surface area contributed by atoms with E-state index in [-0.39, 0.29) is 23.6 Å². The summed E-state index contributed by atoms with van der Waals surface area (Å²) < 4.78 is 9.98. The van der Waals surface area contributed by atoms with Gasteiger partial charge in [0.1, 0.15) is 23.4 Å². The summed E-state index contributed by atoms with van der Waals surface area (Å²) in [6.07, 6.45) is -2.50. The molecule has 2 atom stereocenters. The number of methoxy groups -OCH3 is 2. The van der Waals surface area contributed by atoms with Gasteiger partial charge in [-0.15, -0.1) is 0 Å². The molecule has 5 N–H and O–H groups in total. The molecular weight excluding hydrogens is 226 g/mol. The van der Waals surface area contributed by atoms with Crippen LogP contribution in [0.3, 0.4) is 0 Å². The number of aliphatic hydroxyl groups excluding tert-OH is 2. The first-order valence-electron chi connectivity index (χ1n) is 5.06. The van der Waals surface area contributed by atoms with Gasteiger partial charge < -0.3 is 30.5 Å². The number of ether oxygens (including phenoxy) is 2. The van der Waals surface area contributed by atoms with Crippen molar-refractivity contribution in [1.29, 1.82) is 0 Å². The smallest absolute Gasteiger partial charge is 0.132 e. The molecular formula is C11H17NO5. The average molecular weight is 243 g/mol. The summed E-state index contributed by atoms with van der Waals surface area (Å²) in [6, 6.07) is 2.83. The number of phenols is 1. The summed E-state index contributed by atoms with van der Waals surface area (Å²) in [6.45, 7) is -0.129. The maximum atomic E-state index is 9.83. The molecule has 96 valence electrons. The van der Waals surface area contributed by atoms with Crippen molar-refractivity contribution in [3.8, 4) is 17.2 Å². The quantitative estimate of drug-likeness (QED) is 0.569. The van der Waals surface area contributed by atoms with Crippen molar-refractivity contribution in [2.75, 3.05) is 20.8 Å². The lowest BCUT2D eigenvalue weighted by atomic mass is 10.0. The third kappa shape index (κ3) is 2.79. The van der Waals surface area contributed by atoms with Gasteiger partial charge in [0, 0.05) is 18.7 Å². The Morgan fingerprint density at radius 2 is 1.88 bits per heavy atom. The third-order valence-corrected chi connectivity index (χ3v) is 2.45. The molecule has 0 heterocycles. The minimum Gasteiger partial charge on any atom is -0.507 e. The summed E-state index contributed by atoms with van der Waals surface area (Å²) in [5, 5.41) is 29.1. The topological polar surface area (TPSA) is 105 Å². The van der Waals surface area contributed by atoms with Crippen LogP contribution in [0.25, 0.3) is 0 Å². The van der Waals surface area contributed by atoms with Crippen LogP contribution in [0.4, 0.5) is 0 Å². The molecule has 0 fully saturated rings. The highest BCUT2D eigenvalue weighted by Gasteiger charge is 2.25. The van der Waals surface area contributed by atoms with Crippen molar-refractivity contribution in [3.63, 3.8) is 0 Å². The molecule has 0 aliphatic heterocycles. The molecule has 1 rings (SSSR count). The molecule has 6 nitrogen and oxygen atoms in total. The normalized spacial score (nSPS) is 14.2. The third-order valence-electron chi connectivity index (χ3n) is 2.45. The van der Waals surface area contributed by atoms with Crippen LogP contribution in [0.1, 0.15) is 11.7 Å². The predicted octanol–water partition coefficient (Wildman–Crippen LogP) is -0.238. The minimum atomic E-state index is -1.32. The number of phenolic OH excluding ortho intramolecular Hbond substituents is 1. The van der Waals surface area contributed by atoms with Crippen LogP contribution in [-0.4, -0.2) is 42.2 Å². The highest BCUT2D eigenvalue weighted by molar-refractivity contribution is 5.51. The minimum absolute atomic E-state index is 0.0891. The zero-order valence-electron chi connectivity index (χ0n) is 9.75. The molecule has 0 bridgehead atoms. The van der Waals surface area contributed by atoms with E-state index in [0.29, 0.717) is 5.75 Å². The average Bonchev–Trinajstić information content (AvgIpc) is 2.35. The van der Waals surface area contributed by atoms with E-state index in [1.807, 2.05) is 0 Å². The number of benzene rings is 1. The Labute approximate surface area is 99.2 Å². The van der Waals surface area contributed by atoms with E-state index in [2.05, 4.69) is 0 Å². The van der Waals surface area contributed by atoms with Crippen molar-refractivity contribution >= 4 is 0 Å². The lowest BCUT2D eigenvalue weighted by molar-refractivity contribution is 0.0214. The second-order valence-corrected chi connectivity index (χ2v) is 3.51. The second kappa shape index (κ2) is 5.72. The largest absolute Gasteiger partial charge is 0.507 e. The van der Waals surface area contributed by atoms with Crippen LogP contribution in [0, 0.1) is 0 Å². The molecule has 17 heavy (non-hydrogen) atoms. The van der Waals surface area contributed by atoms with Crippen molar-refractivity contribution in [2.45, 2.75) is 12.2 Å². The number of rotatable bonds is 5. The standard InChI is InChI=1S/C11H17NO5/c1-16-6-3-7(13)10(9(4-6)17-2)11(15)8(14)5-12/h3-4,8,11,13-15H,5,12H2,1-2H3. The molecule has 0 spiro atoms. The lowest BCUT2D eigenvalue weighted by Crippen LogP contribution is -2.27. The Balaban J connectivity index is 3.22. The molecule has 0 saturated heterocycles. The summed E-state index contributed by atoms with van der Waals surface area (Å²) in [7, 11) is 2.83. The van der Waals surface area contributed by atoms with Crippen molar-refractivity contribution in [1.82, 2.24) is 0 Å². The Morgan fingerprint density at radius 1 is 1.24 bits per heavy atom. The van der Waals surface area contributed by atoms with Gasteiger partial charge in [0.25, 0.3) is 0 Å². The SMILES string of the molecule is COc1cc(O)c(C(O)C(O)CN)c(OC)c1.